The van der Waals surface area contributed by atoms with Crippen molar-refractivity contribution in [3.05, 3.63) is 22.8 Å². The van der Waals surface area contributed by atoms with Gasteiger partial charge < -0.3 is 10.5 Å². The van der Waals surface area contributed by atoms with Crippen molar-refractivity contribution in [1.29, 1.82) is 0 Å². The highest BCUT2D eigenvalue weighted by atomic mass is 35.5. The van der Waals surface area contributed by atoms with E-state index >= 15 is 0 Å². The van der Waals surface area contributed by atoms with Gasteiger partial charge in [0, 0.05) is 0 Å². The highest BCUT2D eigenvalue weighted by Crippen LogP contribution is 2.19. The first-order chi connectivity index (χ1) is 6.88. The maximum atomic E-state index is 11.7. The number of anilines is 1. The van der Waals surface area contributed by atoms with Crippen LogP contribution in [-0.4, -0.2) is 17.8 Å². The van der Waals surface area contributed by atoms with Crippen LogP contribution in [0.25, 0.3) is 0 Å². The van der Waals surface area contributed by atoms with Crippen molar-refractivity contribution in [2.45, 2.75) is 12.8 Å². The molecule has 0 aliphatic heterocycles. The molecule has 84 valence electrons. The largest absolute Gasteiger partial charge is 0.411 e. The van der Waals surface area contributed by atoms with Gasteiger partial charge in [0.05, 0.1) is 17.3 Å². The van der Waals surface area contributed by atoms with Crippen LogP contribution in [0.1, 0.15) is 5.69 Å². The molecule has 0 atom stereocenters. The molecule has 1 aromatic rings. The van der Waals surface area contributed by atoms with Gasteiger partial charge in [-0.1, -0.05) is 11.6 Å². The van der Waals surface area contributed by atoms with Gasteiger partial charge in [0.2, 0.25) is 0 Å². The maximum absolute atomic E-state index is 11.7. The molecule has 0 amide bonds. The molecule has 3 nitrogen and oxygen atoms in total. The number of rotatable bonds is 3. The lowest BCUT2D eigenvalue weighted by Gasteiger charge is -2.08. The predicted octanol–water partition coefficient (Wildman–Crippen LogP) is 2.40. The molecule has 0 radical (unpaired) electrons. The van der Waals surface area contributed by atoms with E-state index in [1.165, 1.54) is 12.1 Å². The highest BCUT2D eigenvalue weighted by molar-refractivity contribution is 6.31. The topological polar surface area (TPSA) is 48.1 Å². The summed E-state index contributed by atoms with van der Waals surface area (Å²) in [6.07, 6.45) is -4.35. The molecule has 2 N–H and O–H groups in total. The van der Waals surface area contributed by atoms with E-state index in [2.05, 4.69) is 9.72 Å². The summed E-state index contributed by atoms with van der Waals surface area (Å²) >= 11 is 5.67. The summed E-state index contributed by atoms with van der Waals surface area (Å²) in [4.78, 5) is 3.75. The molecular formula is C8H8ClF3N2O. The molecule has 1 heterocycles. The molecule has 0 saturated carbocycles. The number of aromatic nitrogens is 1. The number of nitrogens with two attached hydrogens (primary N) is 1. The Balaban J connectivity index is 2.54. The second kappa shape index (κ2) is 4.67. The average Bonchev–Trinajstić information content (AvgIpc) is 2.09. The van der Waals surface area contributed by atoms with Crippen LogP contribution in [0.3, 0.4) is 0 Å². The molecule has 1 aromatic heterocycles. The van der Waals surface area contributed by atoms with Crippen LogP contribution in [0, 0.1) is 0 Å². The van der Waals surface area contributed by atoms with E-state index in [1.807, 2.05) is 0 Å². The molecule has 0 saturated heterocycles. The van der Waals surface area contributed by atoms with E-state index in [0.717, 1.165) is 0 Å². The van der Waals surface area contributed by atoms with Gasteiger partial charge in [-0.05, 0) is 12.1 Å². The number of ether oxygens (including phenoxy) is 1. The lowest BCUT2D eigenvalue weighted by Crippen LogP contribution is -2.17. The van der Waals surface area contributed by atoms with E-state index in [4.69, 9.17) is 17.3 Å². The zero-order chi connectivity index (χ0) is 11.5. The van der Waals surface area contributed by atoms with Gasteiger partial charge in [0.1, 0.15) is 12.4 Å². The van der Waals surface area contributed by atoms with E-state index in [1.54, 1.807) is 0 Å². The summed E-state index contributed by atoms with van der Waals surface area (Å²) < 4.78 is 39.6. The third-order valence-electron chi connectivity index (χ3n) is 1.44. The Labute approximate surface area is 89.0 Å². The minimum absolute atomic E-state index is 0.185. The maximum Gasteiger partial charge on any atom is 0.411 e. The van der Waals surface area contributed by atoms with Gasteiger partial charge in [0.15, 0.2) is 0 Å². The zero-order valence-corrected chi connectivity index (χ0v) is 8.27. The van der Waals surface area contributed by atoms with Crippen LogP contribution >= 0.6 is 11.6 Å². The van der Waals surface area contributed by atoms with Gasteiger partial charge in [-0.3, -0.25) is 0 Å². The van der Waals surface area contributed by atoms with Crippen molar-refractivity contribution >= 4 is 17.4 Å². The summed E-state index contributed by atoms with van der Waals surface area (Å²) in [5.74, 6) is 0.185. The molecular weight excluding hydrogens is 233 g/mol. The number of pyridine rings is 1. The second-order valence-corrected chi connectivity index (χ2v) is 3.18. The molecule has 15 heavy (non-hydrogen) atoms. The third kappa shape index (κ3) is 4.35. The third-order valence-corrected chi connectivity index (χ3v) is 1.79. The fourth-order valence-corrected chi connectivity index (χ4v) is 1.03. The lowest BCUT2D eigenvalue weighted by molar-refractivity contribution is -0.176. The fraction of sp³-hybridized carbons (Fsp3) is 0.375. The van der Waals surface area contributed by atoms with Crippen molar-refractivity contribution in [2.75, 3.05) is 12.3 Å². The average molecular weight is 241 g/mol. The summed E-state index contributed by atoms with van der Waals surface area (Å²) in [5, 5.41) is 0.228. The van der Waals surface area contributed by atoms with Gasteiger partial charge >= 0.3 is 6.18 Å². The Kier molecular flexibility index (Phi) is 3.76. The fourth-order valence-electron chi connectivity index (χ4n) is 0.866. The Morgan fingerprint density at radius 1 is 1.40 bits per heavy atom. The Bertz CT molecular complexity index is 343. The van der Waals surface area contributed by atoms with E-state index < -0.39 is 12.8 Å². The molecule has 0 bridgehead atoms. The van der Waals surface area contributed by atoms with Gasteiger partial charge in [-0.15, -0.1) is 0 Å². The minimum Gasteiger partial charge on any atom is -0.384 e. The molecule has 1 rings (SSSR count). The first kappa shape index (κ1) is 12.1. The van der Waals surface area contributed by atoms with Crippen LogP contribution in [0.4, 0.5) is 19.0 Å². The van der Waals surface area contributed by atoms with E-state index in [-0.39, 0.29) is 23.1 Å². The molecule has 0 unspecified atom stereocenters. The zero-order valence-electron chi connectivity index (χ0n) is 7.51. The Hall–Kier alpha value is -1.01. The van der Waals surface area contributed by atoms with Gasteiger partial charge in [-0.2, -0.15) is 13.2 Å². The Morgan fingerprint density at radius 3 is 2.67 bits per heavy atom. The van der Waals surface area contributed by atoms with Crippen molar-refractivity contribution in [2.24, 2.45) is 0 Å². The molecule has 0 fully saturated rings. The first-order valence-corrected chi connectivity index (χ1v) is 4.31. The molecule has 0 aliphatic carbocycles. The molecule has 0 spiro atoms. The van der Waals surface area contributed by atoms with Crippen LogP contribution < -0.4 is 5.73 Å². The minimum atomic E-state index is -4.35. The van der Waals surface area contributed by atoms with Gasteiger partial charge in [0.25, 0.3) is 0 Å². The Morgan fingerprint density at radius 2 is 2.07 bits per heavy atom. The van der Waals surface area contributed by atoms with Crippen LogP contribution in [0.5, 0.6) is 0 Å². The first-order valence-electron chi connectivity index (χ1n) is 3.94. The molecule has 0 aliphatic rings. The SMILES string of the molecule is Nc1ccc(Cl)c(COCC(F)(F)F)n1. The van der Waals surface area contributed by atoms with Crippen molar-refractivity contribution < 1.29 is 17.9 Å². The summed E-state index contributed by atoms with van der Waals surface area (Å²) in [5.41, 5.74) is 5.53. The summed E-state index contributed by atoms with van der Waals surface area (Å²) in [7, 11) is 0. The molecule has 7 heteroatoms. The number of hydrogen-bond donors (Lipinski definition) is 1. The smallest absolute Gasteiger partial charge is 0.384 e. The number of nitrogens with zero attached hydrogens (tertiary/aromatic N) is 1. The van der Waals surface area contributed by atoms with Crippen molar-refractivity contribution in [3.8, 4) is 0 Å². The predicted molar refractivity (Wildman–Crippen MR) is 49.4 cm³/mol. The van der Waals surface area contributed by atoms with Crippen LogP contribution in [0.2, 0.25) is 5.02 Å². The molecule has 0 aromatic carbocycles. The quantitative estimate of drug-likeness (QED) is 0.883. The van der Waals surface area contributed by atoms with E-state index in [9.17, 15) is 13.2 Å². The lowest BCUT2D eigenvalue weighted by atomic mass is 10.3. The normalized spacial score (nSPS) is 11.7. The monoisotopic (exact) mass is 240 g/mol. The second-order valence-electron chi connectivity index (χ2n) is 2.77. The highest BCUT2D eigenvalue weighted by Gasteiger charge is 2.27. The number of halogens is 4. The number of alkyl halides is 3. The number of nitrogen functional groups attached to an aromatic ring is 1. The summed E-state index contributed by atoms with van der Waals surface area (Å²) in [6, 6.07) is 2.91. The van der Waals surface area contributed by atoms with Crippen LogP contribution in [-0.2, 0) is 11.3 Å². The van der Waals surface area contributed by atoms with Crippen LogP contribution in [0.15, 0.2) is 12.1 Å². The van der Waals surface area contributed by atoms with Crippen molar-refractivity contribution in [1.82, 2.24) is 4.98 Å². The van der Waals surface area contributed by atoms with Gasteiger partial charge in [-0.25, -0.2) is 4.98 Å². The number of hydrogen-bond acceptors (Lipinski definition) is 3. The van der Waals surface area contributed by atoms with E-state index in [0.29, 0.717) is 0 Å². The van der Waals surface area contributed by atoms with Crippen molar-refractivity contribution in [3.63, 3.8) is 0 Å². The standard InChI is InChI=1S/C8H8ClF3N2O/c9-5-1-2-7(13)14-6(5)3-15-4-8(10,11)12/h1-2H,3-4H2,(H2,13,14). The summed E-state index contributed by atoms with van der Waals surface area (Å²) in [6.45, 7) is -1.65.